The lowest BCUT2D eigenvalue weighted by Gasteiger charge is -2.46. The fourth-order valence-corrected chi connectivity index (χ4v) is 3.93. The molecule has 2 aliphatic heterocycles. The first kappa shape index (κ1) is 15.5. The Morgan fingerprint density at radius 1 is 0.739 bits per heavy atom. The molecule has 0 saturated carbocycles. The maximum atomic E-state index is 6.02. The number of nitrogen functional groups attached to an aromatic ring is 2. The number of benzene rings is 2. The zero-order valence-corrected chi connectivity index (χ0v) is 14.5. The predicted octanol–water partition coefficient (Wildman–Crippen LogP) is 3.79. The van der Waals surface area contributed by atoms with E-state index < -0.39 is 0 Å². The van der Waals surface area contributed by atoms with Crippen molar-refractivity contribution in [2.45, 2.75) is 40.8 Å². The van der Waals surface area contributed by atoms with Gasteiger partial charge < -0.3 is 21.3 Å². The topological polar surface area (TPSA) is 58.5 Å². The second-order valence-corrected chi connectivity index (χ2v) is 6.23. The number of hydrogen-bond acceptors (Lipinski definition) is 4. The smallest absolute Gasteiger partial charge is 0.0910 e. The highest BCUT2D eigenvalue weighted by atomic mass is 15.4. The Bertz CT molecular complexity index is 688. The maximum Gasteiger partial charge on any atom is 0.0910 e. The van der Waals surface area contributed by atoms with Gasteiger partial charge in [-0.15, -0.1) is 0 Å². The molecule has 4 N–H and O–H groups in total. The molecule has 2 bridgehead atoms. The molecule has 4 nitrogen and oxygen atoms in total. The molecule has 0 unspecified atom stereocenters. The molecule has 0 spiro atoms. The summed E-state index contributed by atoms with van der Waals surface area (Å²) in [4.78, 5) is 4.85. The number of fused-ring (bicyclic) bond motifs is 6. The normalized spacial score (nSPS) is 14.6. The minimum atomic E-state index is 0.850. The van der Waals surface area contributed by atoms with E-state index in [1.807, 2.05) is 13.8 Å². The molecule has 0 fully saturated rings. The Labute approximate surface area is 138 Å². The van der Waals surface area contributed by atoms with Crippen LogP contribution in [-0.4, -0.2) is 6.67 Å². The monoisotopic (exact) mass is 310 g/mol. The highest BCUT2D eigenvalue weighted by Crippen LogP contribution is 2.42. The summed E-state index contributed by atoms with van der Waals surface area (Å²) in [6.07, 6.45) is 0. The van der Waals surface area contributed by atoms with Crippen molar-refractivity contribution in [2.75, 3.05) is 27.9 Å². The fourth-order valence-electron chi connectivity index (χ4n) is 3.93. The summed E-state index contributed by atoms with van der Waals surface area (Å²) in [5.41, 5.74) is 21.6. The zero-order valence-electron chi connectivity index (χ0n) is 14.5. The Kier molecular flexibility index (Phi) is 3.84. The van der Waals surface area contributed by atoms with Crippen molar-refractivity contribution in [1.82, 2.24) is 0 Å². The van der Waals surface area contributed by atoms with E-state index in [0.29, 0.717) is 0 Å². The van der Waals surface area contributed by atoms with Crippen molar-refractivity contribution in [2.24, 2.45) is 0 Å². The molecular weight excluding hydrogens is 284 g/mol. The minimum Gasteiger partial charge on any atom is -0.399 e. The lowest BCUT2D eigenvalue weighted by Crippen LogP contribution is -2.46. The molecule has 2 heterocycles. The highest BCUT2D eigenvalue weighted by Gasteiger charge is 2.31. The Balaban J connectivity index is 0.000000753. The van der Waals surface area contributed by atoms with E-state index in [2.05, 4.69) is 47.9 Å². The van der Waals surface area contributed by atoms with E-state index in [1.165, 1.54) is 33.6 Å². The molecule has 2 aliphatic rings. The van der Waals surface area contributed by atoms with Crippen LogP contribution in [0.5, 0.6) is 0 Å². The van der Waals surface area contributed by atoms with Crippen LogP contribution in [0.4, 0.5) is 22.7 Å². The van der Waals surface area contributed by atoms with Crippen molar-refractivity contribution in [3.05, 3.63) is 46.5 Å². The van der Waals surface area contributed by atoms with Crippen molar-refractivity contribution < 1.29 is 0 Å². The van der Waals surface area contributed by atoms with Gasteiger partial charge in [-0.2, -0.15) is 0 Å². The van der Waals surface area contributed by atoms with Gasteiger partial charge in [-0.1, -0.05) is 13.8 Å². The Morgan fingerprint density at radius 3 is 1.52 bits per heavy atom. The Hall–Kier alpha value is -2.36. The van der Waals surface area contributed by atoms with E-state index in [0.717, 1.165) is 31.1 Å². The third-order valence-electron chi connectivity index (χ3n) is 4.50. The van der Waals surface area contributed by atoms with E-state index in [4.69, 9.17) is 11.5 Å². The third-order valence-corrected chi connectivity index (χ3v) is 4.50. The van der Waals surface area contributed by atoms with Crippen LogP contribution in [0.3, 0.4) is 0 Å². The first-order valence-corrected chi connectivity index (χ1v) is 8.31. The van der Waals surface area contributed by atoms with Gasteiger partial charge in [0.05, 0.1) is 6.67 Å². The largest absolute Gasteiger partial charge is 0.399 e. The van der Waals surface area contributed by atoms with Gasteiger partial charge in [-0.25, -0.2) is 0 Å². The van der Waals surface area contributed by atoms with Gasteiger partial charge >= 0.3 is 0 Å². The molecule has 0 aliphatic carbocycles. The predicted molar refractivity (Wildman–Crippen MR) is 99.8 cm³/mol. The number of anilines is 4. The quantitative estimate of drug-likeness (QED) is 0.727. The summed E-state index contributed by atoms with van der Waals surface area (Å²) in [5, 5.41) is 0. The molecule has 122 valence electrons. The van der Waals surface area contributed by atoms with Crippen LogP contribution in [0.15, 0.2) is 24.3 Å². The summed E-state index contributed by atoms with van der Waals surface area (Å²) in [6.45, 7) is 11.1. The van der Waals surface area contributed by atoms with E-state index in [9.17, 15) is 0 Å². The van der Waals surface area contributed by atoms with Crippen LogP contribution in [-0.2, 0) is 13.1 Å². The highest BCUT2D eigenvalue weighted by molar-refractivity contribution is 5.75. The molecule has 2 aromatic carbocycles. The third kappa shape index (κ3) is 2.48. The average molecular weight is 310 g/mol. The van der Waals surface area contributed by atoms with Gasteiger partial charge in [0.15, 0.2) is 0 Å². The minimum absolute atomic E-state index is 0.850. The molecule has 4 heteroatoms. The van der Waals surface area contributed by atoms with Gasteiger partial charge in [-0.3, -0.25) is 0 Å². The van der Waals surface area contributed by atoms with Crippen LogP contribution < -0.4 is 21.3 Å². The molecular formula is C19H26N4. The molecule has 0 aromatic heterocycles. The van der Waals surface area contributed by atoms with Crippen LogP contribution in [0, 0.1) is 13.8 Å². The summed E-state index contributed by atoms with van der Waals surface area (Å²) in [6, 6.07) is 8.35. The lowest BCUT2D eigenvalue weighted by atomic mass is 9.96. The number of aryl methyl sites for hydroxylation is 2. The Morgan fingerprint density at radius 2 is 1.13 bits per heavy atom. The molecule has 0 amide bonds. The summed E-state index contributed by atoms with van der Waals surface area (Å²) in [7, 11) is 0. The van der Waals surface area contributed by atoms with Crippen molar-refractivity contribution in [3.8, 4) is 0 Å². The average Bonchev–Trinajstić information content (AvgIpc) is 2.47. The van der Waals surface area contributed by atoms with Crippen LogP contribution >= 0.6 is 0 Å². The van der Waals surface area contributed by atoms with Crippen molar-refractivity contribution >= 4 is 22.7 Å². The number of nitrogens with zero attached hydrogens (tertiary/aromatic N) is 2. The van der Waals surface area contributed by atoms with Crippen LogP contribution in [0.25, 0.3) is 0 Å². The SMILES string of the molecule is CC.Cc1cc(N)cc2c1N1Cc3cc(N)cc(C)c3N(C2)C1. The molecule has 4 rings (SSSR count). The van der Waals surface area contributed by atoms with Gasteiger partial charge in [-0.05, 0) is 60.4 Å². The van der Waals surface area contributed by atoms with E-state index in [1.54, 1.807) is 0 Å². The number of hydrogen-bond donors (Lipinski definition) is 2. The standard InChI is InChI=1S/C17H20N4.C2H6/c1-10-3-14(18)5-12-7-21-9-20(16(10)12)8-13-6-15(19)4-11(2)17(13)21;1-2/h3-6H,7-9,18-19H2,1-2H3;1-2H3. The molecule has 0 saturated heterocycles. The fraction of sp³-hybridized carbons (Fsp3) is 0.368. The summed E-state index contributed by atoms with van der Waals surface area (Å²) in [5.74, 6) is 0. The van der Waals surface area contributed by atoms with Crippen molar-refractivity contribution in [3.63, 3.8) is 0 Å². The molecule has 23 heavy (non-hydrogen) atoms. The first-order valence-electron chi connectivity index (χ1n) is 8.31. The van der Waals surface area contributed by atoms with Gasteiger partial charge in [0.2, 0.25) is 0 Å². The van der Waals surface area contributed by atoms with E-state index >= 15 is 0 Å². The van der Waals surface area contributed by atoms with Crippen LogP contribution in [0.1, 0.15) is 36.1 Å². The summed E-state index contributed by atoms with van der Waals surface area (Å²) >= 11 is 0. The summed E-state index contributed by atoms with van der Waals surface area (Å²) < 4.78 is 0. The van der Waals surface area contributed by atoms with Gasteiger partial charge in [0.25, 0.3) is 0 Å². The second kappa shape index (κ2) is 5.69. The second-order valence-electron chi connectivity index (χ2n) is 6.23. The van der Waals surface area contributed by atoms with Crippen LogP contribution in [0.2, 0.25) is 0 Å². The number of rotatable bonds is 0. The van der Waals surface area contributed by atoms with E-state index in [-0.39, 0.29) is 0 Å². The first-order chi connectivity index (χ1) is 11.0. The zero-order chi connectivity index (χ0) is 16.7. The van der Waals surface area contributed by atoms with Gasteiger partial charge in [0.1, 0.15) is 0 Å². The lowest BCUT2D eigenvalue weighted by molar-refractivity contribution is 0.647. The number of nitrogens with two attached hydrogens (primary N) is 2. The molecule has 0 radical (unpaired) electrons. The van der Waals surface area contributed by atoms with Gasteiger partial charge in [0, 0.05) is 35.8 Å². The molecule has 0 atom stereocenters. The molecule has 2 aromatic rings. The maximum absolute atomic E-state index is 6.02. The van der Waals surface area contributed by atoms with Crippen molar-refractivity contribution in [1.29, 1.82) is 0 Å².